The molecule has 2 aromatic carbocycles. The van der Waals surface area contributed by atoms with Crippen molar-refractivity contribution in [3.63, 3.8) is 0 Å². The van der Waals surface area contributed by atoms with Crippen LogP contribution < -0.4 is 10.6 Å². The van der Waals surface area contributed by atoms with Gasteiger partial charge in [0.15, 0.2) is 5.11 Å². The van der Waals surface area contributed by atoms with Gasteiger partial charge in [0.2, 0.25) is 5.91 Å². The molecule has 6 nitrogen and oxygen atoms in total. The van der Waals surface area contributed by atoms with Gasteiger partial charge in [-0.2, -0.15) is 0 Å². The van der Waals surface area contributed by atoms with Gasteiger partial charge < -0.3 is 20.1 Å². The first-order chi connectivity index (χ1) is 17.5. The smallest absolute Gasteiger partial charge is 0.226 e. The van der Waals surface area contributed by atoms with Crippen LogP contribution in [0, 0.1) is 6.92 Å². The summed E-state index contributed by atoms with van der Waals surface area (Å²) in [7, 11) is 0. The molecule has 1 aliphatic heterocycles. The molecular weight excluding hydrogens is 490 g/mol. The maximum absolute atomic E-state index is 12.8. The number of halogens is 1. The van der Waals surface area contributed by atoms with Crippen LogP contribution in [0.2, 0.25) is 5.02 Å². The molecule has 1 saturated heterocycles. The fraction of sp³-hybridized carbons (Fsp3) is 0.179. The quantitative estimate of drug-likeness (QED) is 0.303. The molecule has 182 valence electrons. The maximum atomic E-state index is 12.8. The Morgan fingerprint density at radius 2 is 1.92 bits per heavy atom. The van der Waals surface area contributed by atoms with Crippen molar-refractivity contribution in [2.24, 2.45) is 0 Å². The number of carbonyl (C=O) groups is 1. The second-order valence-corrected chi connectivity index (χ2v) is 9.59. The largest absolute Gasteiger partial charge is 0.352 e. The summed E-state index contributed by atoms with van der Waals surface area (Å²) in [5.41, 5.74) is 4.80. The highest BCUT2D eigenvalue weighted by molar-refractivity contribution is 7.80. The molecule has 5 rings (SSSR count). The van der Waals surface area contributed by atoms with E-state index >= 15 is 0 Å². The number of nitrogens with one attached hydrogen (secondary N) is 2. The van der Waals surface area contributed by atoms with Gasteiger partial charge in [0.05, 0.1) is 17.8 Å². The molecule has 0 radical (unpaired) electrons. The lowest BCUT2D eigenvalue weighted by atomic mass is 10.0. The van der Waals surface area contributed by atoms with Gasteiger partial charge in [0.25, 0.3) is 0 Å². The van der Waals surface area contributed by atoms with E-state index in [4.69, 9.17) is 23.8 Å². The second kappa shape index (κ2) is 10.5. The van der Waals surface area contributed by atoms with E-state index < -0.39 is 0 Å². The number of aryl methyl sites for hydroxylation is 1. The number of benzene rings is 2. The molecule has 1 aliphatic rings. The van der Waals surface area contributed by atoms with E-state index in [1.165, 1.54) is 0 Å². The number of anilines is 1. The van der Waals surface area contributed by atoms with Crippen molar-refractivity contribution in [1.29, 1.82) is 0 Å². The van der Waals surface area contributed by atoms with Crippen molar-refractivity contribution in [3.05, 3.63) is 113 Å². The zero-order valence-corrected chi connectivity index (χ0v) is 21.3. The standard InChI is InChI=1S/C28H26ClN5OS/c1-19-10-12-21(13-11-19)31-25(35)14-17-34-27(26(32-28(34)36)23-8-2-3-15-30-23)24-9-5-16-33(24)22-7-4-6-20(29)18-22/h2-13,15-16,18,26-27H,14,17H2,1H3,(H,31,35)(H,32,36)/t26-,27+/m0/s1. The van der Waals surface area contributed by atoms with E-state index in [2.05, 4.69) is 31.2 Å². The van der Waals surface area contributed by atoms with Gasteiger partial charge >= 0.3 is 0 Å². The first kappa shape index (κ1) is 24.0. The van der Waals surface area contributed by atoms with Gasteiger partial charge in [-0.3, -0.25) is 9.78 Å². The van der Waals surface area contributed by atoms with Crippen molar-refractivity contribution < 1.29 is 4.79 Å². The number of hydrogen-bond acceptors (Lipinski definition) is 3. The molecule has 36 heavy (non-hydrogen) atoms. The van der Waals surface area contributed by atoms with Crippen LogP contribution in [0.3, 0.4) is 0 Å². The van der Waals surface area contributed by atoms with Crippen LogP contribution in [-0.2, 0) is 4.79 Å². The third-order valence-corrected chi connectivity index (χ3v) is 6.87. The summed E-state index contributed by atoms with van der Waals surface area (Å²) < 4.78 is 2.11. The van der Waals surface area contributed by atoms with Gasteiger partial charge in [-0.05, 0) is 73.7 Å². The average Bonchev–Trinajstić information content (AvgIpc) is 3.49. The number of carbonyl (C=O) groups excluding carboxylic acids is 1. The van der Waals surface area contributed by atoms with E-state index in [1.54, 1.807) is 6.20 Å². The molecule has 0 unspecified atom stereocenters. The highest BCUT2D eigenvalue weighted by Crippen LogP contribution is 2.39. The predicted octanol–water partition coefficient (Wildman–Crippen LogP) is 5.84. The molecule has 0 saturated carbocycles. The average molecular weight is 516 g/mol. The minimum atomic E-state index is -0.174. The first-order valence-corrected chi connectivity index (χ1v) is 12.6. The van der Waals surface area contributed by atoms with E-state index in [0.717, 1.165) is 28.3 Å². The molecule has 8 heteroatoms. The number of pyridine rings is 1. The van der Waals surface area contributed by atoms with Crippen molar-refractivity contribution in [3.8, 4) is 5.69 Å². The van der Waals surface area contributed by atoms with E-state index in [-0.39, 0.29) is 18.0 Å². The van der Waals surface area contributed by atoms with Gasteiger partial charge in [0, 0.05) is 47.5 Å². The van der Waals surface area contributed by atoms with Crippen LogP contribution >= 0.6 is 23.8 Å². The third-order valence-electron chi connectivity index (χ3n) is 6.28. The van der Waals surface area contributed by atoms with Crippen LogP contribution in [-0.4, -0.2) is 32.0 Å². The summed E-state index contributed by atoms with van der Waals surface area (Å²) >= 11 is 12.1. The molecule has 1 amide bonds. The molecule has 2 aromatic heterocycles. The number of rotatable bonds is 7. The number of thiocarbonyl (C=S) groups is 1. The lowest BCUT2D eigenvalue weighted by Gasteiger charge is -2.29. The Labute approximate surface area is 220 Å². The van der Waals surface area contributed by atoms with Gasteiger partial charge in [-0.25, -0.2) is 0 Å². The van der Waals surface area contributed by atoms with Gasteiger partial charge in [0.1, 0.15) is 0 Å². The Balaban J connectivity index is 1.44. The molecule has 3 heterocycles. The number of amides is 1. The molecule has 0 aliphatic carbocycles. The lowest BCUT2D eigenvalue weighted by Crippen LogP contribution is -2.33. The molecular formula is C28H26ClN5OS. The maximum Gasteiger partial charge on any atom is 0.226 e. The number of nitrogens with zero attached hydrogens (tertiary/aromatic N) is 3. The molecule has 0 spiro atoms. The van der Waals surface area contributed by atoms with Crippen LogP contribution in [0.1, 0.15) is 35.5 Å². The summed E-state index contributed by atoms with van der Waals surface area (Å²) in [5.74, 6) is -0.0630. The van der Waals surface area contributed by atoms with Gasteiger partial charge in [-0.1, -0.05) is 41.4 Å². The van der Waals surface area contributed by atoms with E-state index in [1.807, 2.05) is 85.9 Å². The summed E-state index contributed by atoms with van der Waals surface area (Å²) in [6.07, 6.45) is 4.09. The zero-order chi connectivity index (χ0) is 25.1. The van der Waals surface area contributed by atoms with Crippen molar-refractivity contribution in [2.45, 2.75) is 25.4 Å². The molecule has 2 atom stereocenters. The topological polar surface area (TPSA) is 62.2 Å². The van der Waals surface area contributed by atoms with Crippen LogP contribution in [0.4, 0.5) is 5.69 Å². The first-order valence-electron chi connectivity index (χ1n) is 11.8. The Bertz CT molecular complexity index is 1370. The Morgan fingerprint density at radius 1 is 1.08 bits per heavy atom. The Morgan fingerprint density at radius 3 is 2.67 bits per heavy atom. The van der Waals surface area contributed by atoms with Crippen LogP contribution in [0.25, 0.3) is 5.69 Å². The van der Waals surface area contributed by atoms with E-state index in [9.17, 15) is 4.79 Å². The van der Waals surface area contributed by atoms with E-state index in [0.29, 0.717) is 23.1 Å². The highest BCUT2D eigenvalue weighted by Gasteiger charge is 2.41. The summed E-state index contributed by atoms with van der Waals surface area (Å²) in [4.78, 5) is 19.5. The zero-order valence-electron chi connectivity index (χ0n) is 19.8. The monoisotopic (exact) mass is 515 g/mol. The van der Waals surface area contributed by atoms with Gasteiger partial charge in [-0.15, -0.1) is 0 Å². The SMILES string of the molecule is Cc1ccc(NC(=O)CCN2C(=S)N[C@@H](c3ccccn3)[C@H]2c2cccn2-c2cccc(Cl)c2)cc1. The predicted molar refractivity (Wildman–Crippen MR) is 147 cm³/mol. The van der Waals surface area contributed by atoms with Crippen molar-refractivity contribution >= 4 is 40.5 Å². The molecule has 4 aromatic rings. The van der Waals surface area contributed by atoms with Crippen molar-refractivity contribution in [2.75, 3.05) is 11.9 Å². The molecule has 2 N–H and O–H groups in total. The molecule has 0 bridgehead atoms. The number of hydrogen-bond donors (Lipinski definition) is 2. The fourth-order valence-corrected chi connectivity index (χ4v) is 5.06. The van der Waals surface area contributed by atoms with Crippen molar-refractivity contribution in [1.82, 2.24) is 19.8 Å². The Hall–Kier alpha value is -3.68. The Kier molecular flexibility index (Phi) is 7.02. The lowest BCUT2D eigenvalue weighted by molar-refractivity contribution is -0.116. The number of aromatic nitrogens is 2. The third kappa shape index (κ3) is 5.12. The van der Waals surface area contributed by atoms with Crippen LogP contribution in [0.15, 0.2) is 91.3 Å². The summed E-state index contributed by atoms with van der Waals surface area (Å²) in [5, 5.41) is 7.69. The molecule has 1 fully saturated rings. The minimum Gasteiger partial charge on any atom is -0.352 e. The normalized spacial score (nSPS) is 17.2. The second-order valence-electron chi connectivity index (χ2n) is 8.77. The van der Waals surface area contributed by atoms with Crippen LogP contribution in [0.5, 0.6) is 0 Å². The highest BCUT2D eigenvalue weighted by atomic mass is 35.5. The summed E-state index contributed by atoms with van der Waals surface area (Å²) in [6, 6.07) is 25.1. The summed E-state index contributed by atoms with van der Waals surface area (Å²) in [6.45, 7) is 2.47. The fourth-order valence-electron chi connectivity index (χ4n) is 4.55. The minimum absolute atomic E-state index is 0.0630.